The Hall–Kier alpha value is -1.83. The summed E-state index contributed by atoms with van der Waals surface area (Å²) in [6.45, 7) is 6.06. The summed E-state index contributed by atoms with van der Waals surface area (Å²) < 4.78 is 31.4. The Morgan fingerprint density at radius 3 is 2.68 bits per heavy atom. The minimum absolute atomic E-state index is 0.193. The molecule has 2 heteroatoms. The Morgan fingerprint density at radius 1 is 1.18 bits per heavy atom. The molecule has 1 aromatic heterocycles. The van der Waals surface area contributed by atoms with Gasteiger partial charge in [0.1, 0.15) is 18.4 Å². The van der Waals surface area contributed by atoms with E-state index in [0.29, 0.717) is 5.56 Å². The fourth-order valence-corrected chi connectivity index (χ4v) is 3.12. The Bertz CT molecular complexity index is 838. The first-order valence-corrected chi connectivity index (χ1v) is 7.82. The molecule has 3 rings (SSSR count). The molecule has 22 heavy (non-hydrogen) atoms. The molecule has 1 aromatic carbocycles. The van der Waals surface area contributed by atoms with Crippen LogP contribution in [0, 0.1) is 20.7 Å². The number of nitrogens with zero attached hydrogens (tertiary/aromatic N) is 1. The average molecular weight is 299 g/mol. The van der Waals surface area contributed by atoms with E-state index in [4.69, 9.17) is 8.85 Å². The second-order valence-electron chi connectivity index (χ2n) is 6.97. The molecular formula is C20H26NO+. The van der Waals surface area contributed by atoms with Crippen LogP contribution in [0.1, 0.15) is 46.6 Å². The minimum atomic E-state index is -2.11. The van der Waals surface area contributed by atoms with Crippen LogP contribution in [0.4, 0.5) is 0 Å². The molecule has 2 heterocycles. The highest BCUT2D eigenvalue weighted by molar-refractivity contribution is 5.72. The van der Waals surface area contributed by atoms with Crippen LogP contribution in [0.15, 0.2) is 24.4 Å². The summed E-state index contributed by atoms with van der Waals surface area (Å²) in [5.74, 6) is 0.938. The number of pyridine rings is 1. The van der Waals surface area contributed by atoms with E-state index in [-0.39, 0.29) is 5.60 Å². The number of aromatic nitrogens is 1. The van der Waals surface area contributed by atoms with E-state index < -0.39 is 6.85 Å². The molecule has 0 atom stereocenters. The second kappa shape index (κ2) is 5.12. The lowest BCUT2D eigenvalue weighted by atomic mass is 9.90. The molecule has 0 N–H and O–H groups in total. The van der Waals surface area contributed by atoms with Crippen molar-refractivity contribution >= 4 is 0 Å². The van der Waals surface area contributed by atoms with E-state index in [1.54, 1.807) is 6.20 Å². The van der Waals surface area contributed by atoms with Gasteiger partial charge < -0.3 is 4.74 Å². The van der Waals surface area contributed by atoms with Gasteiger partial charge in [-0.3, -0.25) is 0 Å². The summed E-state index contributed by atoms with van der Waals surface area (Å²) >= 11 is 0. The number of fused-ring (bicyclic) bond motifs is 1. The van der Waals surface area contributed by atoms with Crippen molar-refractivity contribution in [2.45, 2.75) is 53.0 Å². The first-order valence-electron chi connectivity index (χ1n) is 9.32. The molecule has 0 saturated heterocycles. The third-order valence-corrected chi connectivity index (χ3v) is 4.56. The summed E-state index contributed by atoms with van der Waals surface area (Å²) in [6, 6.07) is 6.24. The summed E-state index contributed by atoms with van der Waals surface area (Å²) in [7, 11) is 1.90. The lowest BCUT2D eigenvalue weighted by molar-refractivity contribution is -0.660. The second-order valence-corrected chi connectivity index (χ2v) is 6.97. The Balaban J connectivity index is 2.23. The van der Waals surface area contributed by atoms with Crippen LogP contribution in [0.2, 0.25) is 0 Å². The lowest BCUT2D eigenvalue weighted by Gasteiger charge is -2.34. The van der Waals surface area contributed by atoms with E-state index in [0.717, 1.165) is 41.0 Å². The van der Waals surface area contributed by atoms with Crippen molar-refractivity contribution in [1.29, 1.82) is 0 Å². The van der Waals surface area contributed by atoms with Gasteiger partial charge in [-0.05, 0) is 64.1 Å². The quantitative estimate of drug-likeness (QED) is 0.719. The first kappa shape index (κ1) is 11.7. The Kier molecular flexibility index (Phi) is 2.72. The highest BCUT2D eigenvalue weighted by atomic mass is 16.5. The van der Waals surface area contributed by atoms with Gasteiger partial charge in [0.25, 0.3) is 0 Å². The minimum Gasteiger partial charge on any atom is -0.487 e. The number of rotatable bonds is 1. The van der Waals surface area contributed by atoms with Crippen LogP contribution in [-0.2, 0) is 13.5 Å². The van der Waals surface area contributed by atoms with Crippen LogP contribution >= 0.6 is 0 Å². The number of hydrogen-bond acceptors (Lipinski definition) is 1. The zero-order chi connectivity index (χ0) is 18.6. The van der Waals surface area contributed by atoms with E-state index in [2.05, 4.69) is 32.9 Å². The van der Waals surface area contributed by atoms with Gasteiger partial charge in [-0.2, -0.15) is 0 Å². The van der Waals surface area contributed by atoms with E-state index in [9.17, 15) is 0 Å². The average Bonchev–Trinajstić information content (AvgIpc) is 2.47. The van der Waals surface area contributed by atoms with Gasteiger partial charge in [0.15, 0.2) is 6.20 Å². The zero-order valence-electron chi connectivity index (χ0n) is 17.1. The van der Waals surface area contributed by atoms with Gasteiger partial charge in [-0.15, -0.1) is 0 Å². The van der Waals surface area contributed by atoms with Crippen LogP contribution in [0.25, 0.3) is 11.3 Å². The fourth-order valence-electron chi connectivity index (χ4n) is 3.12. The molecule has 0 amide bonds. The molecule has 0 bridgehead atoms. The van der Waals surface area contributed by atoms with Crippen molar-refractivity contribution < 1.29 is 13.4 Å². The highest BCUT2D eigenvalue weighted by Gasteiger charge is 2.31. The van der Waals surface area contributed by atoms with Crippen molar-refractivity contribution in [3.8, 4) is 17.0 Å². The Morgan fingerprint density at radius 2 is 1.95 bits per heavy atom. The summed E-state index contributed by atoms with van der Waals surface area (Å²) in [4.78, 5) is 0. The van der Waals surface area contributed by atoms with Crippen LogP contribution in [0.3, 0.4) is 0 Å². The van der Waals surface area contributed by atoms with E-state index >= 15 is 0 Å². The van der Waals surface area contributed by atoms with Crippen molar-refractivity contribution in [3.63, 3.8) is 0 Å². The number of benzene rings is 1. The molecule has 0 aliphatic carbocycles. The molecule has 0 unspecified atom stereocenters. The third kappa shape index (κ3) is 2.51. The number of hydrogen-bond donors (Lipinski definition) is 0. The zero-order valence-corrected chi connectivity index (χ0v) is 14.1. The van der Waals surface area contributed by atoms with Gasteiger partial charge in [0.05, 0.1) is 5.56 Å². The van der Waals surface area contributed by atoms with Crippen molar-refractivity contribution in [3.05, 3.63) is 46.6 Å². The first-order chi connectivity index (χ1) is 11.5. The van der Waals surface area contributed by atoms with Gasteiger partial charge in [-0.25, -0.2) is 4.57 Å². The highest BCUT2D eigenvalue weighted by Crippen LogP contribution is 2.41. The van der Waals surface area contributed by atoms with Crippen LogP contribution in [-0.4, -0.2) is 5.60 Å². The molecule has 2 aromatic rings. The Labute approximate surface area is 138 Å². The molecule has 116 valence electrons. The van der Waals surface area contributed by atoms with Crippen molar-refractivity contribution in [2.75, 3.05) is 0 Å². The molecule has 2 nitrogen and oxygen atoms in total. The summed E-state index contributed by atoms with van der Waals surface area (Å²) in [5.41, 5.74) is 5.38. The number of ether oxygens (including phenoxy) is 1. The predicted molar refractivity (Wildman–Crippen MR) is 90.3 cm³/mol. The molecular weight excluding hydrogens is 270 g/mol. The van der Waals surface area contributed by atoms with E-state index in [1.165, 1.54) is 5.56 Å². The number of aryl methyl sites for hydroxylation is 5. The van der Waals surface area contributed by atoms with Gasteiger partial charge in [0, 0.05) is 15.7 Å². The summed E-state index contributed by atoms with van der Waals surface area (Å²) in [6.07, 6.45) is 3.71. The lowest BCUT2D eigenvalue weighted by Crippen LogP contribution is -2.35. The van der Waals surface area contributed by atoms with E-state index in [1.807, 2.05) is 24.6 Å². The maximum Gasteiger partial charge on any atom is 0.216 e. The standard InChI is InChI=1S/C20H26NO/c1-13-7-8-16-9-10-20(4,5)22-19(16)18(13)17-11-14(2)15(3)12-21(17)6/h7-8,11-12H,9-10H2,1-6H3/q+1/i3D3. The molecule has 0 saturated carbocycles. The van der Waals surface area contributed by atoms with Gasteiger partial charge >= 0.3 is 0 Å². The van der Waals surface area contributed by atoms with Crippen LogP contribution in [0.5, 0.6) is 5.75 Å². The molecule has 1 aliphatic rings. The fraction of sp³-hybridized carbons (Fsp3) is 0.450. The molecule has 0 radical (unpaired) electrons. The maximum absolute atomic E-state index is 7.73. The topological polar surface area (TPSA) is 13.1 Å². The molecule has 0 fully saturated rings. The monoisotopic (exact) mass is 299 g/mol. The maximum atomic E-state index is 7.73. The SMILES string of the molecule is [2H]C([2H])([2H])c1c[n+](C)c(-c2c(C)ccc3c2OC(C)(C)CC3)cc1C. The van der Waals surface area contributed by atoms with Crippen molar-refractivity contribution in [2.24, 2.45) is 7.05 Å². The normalized spacial score (nSPS) is 18.7. The molecule has 1 aliphatic heterocycles. The largest absolute Gasteiger partial charge is 0.487 e. The van der Waals surface area contributed by atoms with Gasteiger partial charge in [-0.1, -0.05) is 12.1 Å². The predicted octanol–water partition coefficient (Wildman–Crippen LogP) is 4.21. The van der Waals surface area contributed by atoms with Crippen molar-refractivity contribution in [1.82, 2.24) is 0 Å². The van der Waals surface area contributed by atoms with Crippen LogP contribution < -0.4 is 9.30 Å². The third-order valence-electron chi connectivity index (χ3n) is 4.56. The summed E-state index contributed by atoms with van der Waals surface area (Å²) in [5, 5.41) is 0. The molecule has 0 spiro atoms. The van der Waals surface area contributed by atoms with Gasteiger partial charge in [0.2, 0.25) is 5.69 Å². The smallest absolute Gasteiger partial charge is 0.216 e.